The van der Waals surface area contributed by atoms with Crippen LogP contribution in [0.2, 0.25) is 0 Å². The average molecular weight is 187 g/mol. The largest absolute Gasteiger partial charge is 0.389 e. The molecule has 74 valence electrons. The van der Waals surface area contributed by atoms with Crippen LogP contribution < -0.4 is 5.32 Å². The molecule has 0 amide bonds. The van der Waals surface area contributed by atoms with Gasteiger partial charge in [0.05, 0.1) is 0 Å². The second-order valence-corrected chi connectivity index (χ2v) is 3.93. The van der Waals surface area contributed by atoms with Crippen molar-refractivity contribution in [3.05, 3.63) is 47.7 Å². The Kier molecular flexibility index (Phi) is 2.58. The van der Waals surface area contributed by atoms with Gasteiger partial charge >= 0.3 is 0 Å². The zero-order valence-corrected chi connectivity index (χ0v) is 8.72. The van der Waals surface area contributed by atoms with E-state index in [1.54, 1.807) is 0 Å². The van der Waals surface area contributed by atoms with Gasteiger partial charge in [0, 0.05) is 18.2 Å². The summed E-state index contributed by atoms with van der Waals surface area (Å²) >= 11 is 0. The predicted molar refractivity (Wildman–Crippen MR) is 60.2 cm³/mol. The first-order chi connectivity index (χ1) is 6.81. The molecule has 1 aromatic rings. The topological polar surface area (TPSA) is 12.0 Å². The number of nitrogens with one attached hydrogen (secondary N) is 1. The van der Waals surface area contributed by atoms with Gasteiger partial charge in [-0.2, -0.15) is 0 Å². The second-order valence-electron chi connectivity index (χ2n) is 3.93. The number of benzene rings is 1. The lowest BCUT2D eigenvalue weighted by Gasteiger charge is -2.13. The minimum atomic E-state index is 0.604. The Morgan fingerprint density at radius 1 is 1.36 bits per heavy atom. The van der Waals surface area contributed by atoms with Crippen LogP contribution in [-0.4, -0.2) is 6.54 Å². The SMILES string of the molecule is C=C(NCC)C1Cc2ccccc2C1. The van der Waals surface area contributed by atoms with Gasteiger partial charge in [-0.3, -0.25) is 0 Å². The van der Waals surface area contributed by atoms with Crippen molar-refractivity contribution in [2.75, 3.05) is 6.54 Å². The molecule has 0 bridgehead atoms. The lowest BCUT2D eigenvalue weighted by molar-refractivity contribution is 0.599. The van der Waals surface area contributed by atoms with Crippen LogP contribution in [0, 0.1) is 5.92 Å². The molecule has 0 radical (unpaired) electrons. The Labute approximate surface area is 85.8 Å². The fourth-order valence-corrected chi connectivity index (χ4v) is 2.18. The van der Waals surface area contributed by atoms with E-state index < -0.39 is 0 Å². The molecule has 2 rings (SSSR count). The van der Waals surface area contributed by atoms with Gasteiger partial charge in [-0.05, 0) is 30.9 Å². The summed E-state index contributed by atoms with van der Waals surface area (Å²) in [5.41, 5.74) is 4.19. The first-order valence-corrected chi connectivity index (χ1v) is 5.30. The van der Waals surface area contributed by atoms with Crippen LogP contribution in [0.15, 0.2) is 36.5 Å². The van der Waals surface area contributed by atoms with Crippen molar-refractivity contribution in [3.63, 3.8) is 0 Å². The molecule has 0 fully saturated rings. The lowest BCUT2D eigenvalue weighted by Crippen LogP contribution is -2.19. The zero-order chi connectivity index (χ0) is 9.97. The van der Waals surface area contributed by atoms with Crippen LogP contribution in [0.25, 0.3) is 0 Å². The Morgan fingerprint density at radius 3 is 2.43 bits per heavy atom. The van der Waals surface area contributed by atoms with Crippen LogP contribution in [0.3, 0.4) is 0 Å². The molecule has 0 spiro atoms. The standard InChI is InChI=1S/C13H17N/c1-3-14-10(2)13-8-11-6-4-5-7-12(11)9-13/h4-7,13-14H,2-3,8-9H2,1H3. The summed E-state index contributed by atoms with van der Waals surface area (Å²) in [6.45, 7) is 7.19. The summed E-state index contributed by atoms with van der Waals surface area (Å²) in [6.07, 6.45) is 2.31. The quantitative estimate of drug-likeness (QED) is 0.766. The Morgan fingerprint density at radius 2 is 1.93 bits per heavy atom. The Bertz CT molecular complexity index is 316. The summed E-state index contributed by atoms with van der Waals surface area (Å²) in [6, 6.07) is 8.71. The van der Waals surface area contributed by atoms with E-state index >= 15 is 0 Å². The highest BCUT2D eigenvalue weighted by Gasteiger charge is 2.22. The summed E-state index contributed by atoms with van der Waals surface area (Å²) in [7, 11) is 0. The monoisotopic (exact) mass is 187 g/mol. The summed E-state index contributed by atoms with van der Waals surface area (Å²) in [4.78, 5) is 0. The average Bonchev–Trinajstić information content (AvgIpc) is 2.61. The van der Waals surface area contributed by atoms with E-state index in [1.807, 2.05) is 0 Å². The molecule has 1 aromatic carbocycles. The Balaban J connectivity index is 2.08. The highest BCUT2D eigenvalue weighted by molar-refractivity contribution is 5.34. The minimum absolute atomic E-state index is 0.604. The number of allylic oxidation sites excluding steroid dienone is 1. The summed E-state index contributed by atoms with van der Waals surface area (Å²) in [5.74, 6) is 0.604. The predicted octanol–water partition coefficient (Wildman–Crippen LogP) is 2.52. The van der Waals surface area contributed by atoms with E-state index in [0.717, 1.165) is 19.4 Å². The molecule has 0 saturated heterocycles. The molecule has 0 aromatic heterocycles. The van der Waals surface area contributed by atoms with E-state index in [4.69, 9.17) is 0 Å². The summed E-state index contributed by atoms with van der Waals surface area (Å²) in [5, 5.41) is 3.33. The van der Waals surface area contributed by atoms with Crippen molar-refractivity contribution in [2.24, 2.45) is 5.92 Å². The fourth-order valence-electron chi connectivity index (χ4n) is 2.18. The molecule has 0 unspecified atom stereocenters. The van der Waals surface area contributed by atoms with Crippen LogP contribution in [0.5, 0.6) is 0 Å². The van der Waals surface area contributed by atoms with Gasteiger partial charge in [0.15, 0.2) is 0 Å². The molecule has 14 heavy (non-hydrogen) atoms. The van der Waals surface area contributed by atoms with E-state index in [1.165, 1.54) is 16.8 Å². The number of fused-ring (bicyclic) bond motifs is 1. The smallest absolute Gasteiger partial charge is 0.0115 e. The lowest BCUT2D eigenvalue weighted by atomic mass is 10.0. The van der Waals surface area contributed by atoms with Gasteiger partial charge in [-0.1, -0.05) is 30.8 Å². The fraction of sp³-hybridized carbons (Fsp3) is 0.385. The van der Waals surface area contributed by atoms with Crippen LogP contribution in [0.1, 0.15) is 18.1 Å². The van der Waals surface area contributed by atoms with Crippen LogP contribution in [0.4, 0.5) is 0 Å². The zero-order valence-electron chi connectivity index (χ0n) is 8.72. The van der Waals surface area contributed by atoms with Crippen molar-refractivity contribution >= 4 is 0 Å². The maximum Gasteiger partial charge on any atom is 0.0115 e. The molecule has 1 aliphatic rings. The van der Waals surface area contributed by atoms with Gasteiger partial charge in [-0.25, -0.2) is 0 Å². The first kappa shape index (κ1) is 9.32. The molecular formula is C13H17N. The van der Waals surface area contributed by atoms with Crippen molar-refractivity contribution in [1.29, 1.82) is 0 Å². The maximum absolute atomic E-state index is 4.10. The second kappa shape index (κ2) is 3.87. The molecular weight excluding hydrogens is 170 g/mol. The van der Waals surface area contributed by atoms with Crippen molar-refractivity contribution in [1.82, 2.24) is 5.32 Å². The Hall–Kier alpha value is -1.24. The third-order valence-electron chi connectivity index (χ3n) is 2.95. The normalized spacial score (nSPS) is 15.2. The molecule has 0 aliphatic heterocycles. The van der Waals surface area contributed by atoms with E-state index in [2.05, 4.69) is 43.1 Å². The van der Waals surface area contributed by atoms with Crippen LogP contribution >= 0.6 is 0 Å². The molecule has 0 atom stereocenters. The third-order valence-corrected chi connectivity index (χ3v) is 2.95. The molecule has 0 saturated carbocycles. The van der Waals surface area contributed by atoms with E-state index in [0.29, 0.717) is 5.92 Å². The van der Waals surface area contributed by atoms with Crippen LogP contribution in [-0.2, 0) is 12.8 Å². The van der Waals surface area contributed by atoms with Gasteiger partial charge in [0.2, 0.25) is 0 Å². The number of hydrogen-bond acceptors (Lipinski definition) is 1. The van der Waals surface area contributed by atoms with E-state index in [-0.39, 0.29) is 0 Å². The molecule has 1 N–H and O–H groups in total. The number of rotatable bonds is 3. The molecule has 1 nitrogen and oxygen atoms in total. The van der Waals surface area contributed by atoms with Gasteiger partial charge in [0.25, 0.3) is 0 Å². The molecule has 1 aliphatic carbocycles. The summed E-state index contributed by atoms with van der Waals surface area (Å²) < 4.78 is 0. The molecule has 1 heteroatoms. The molecule has 0 heterocycles. The van der Waals surface area contributed by atoms with Gasteiger partial charge in [-0.15, -0.1) is 0 Å². The van der Waals surface area contributed by atoms with Gasteiger partial charge < -0.3 is 5.32 Å². The van der Waals surface area contributed by atoms with Crippen molar-refractivity contribution in [3.8, 4) is 0 Å². The first-order valence-electron chi connectivity index (χ1n) is 5.30. The van der Waals surface area contributed by atoms with Crippen molar-refractivity contribution in [2.45, 2.75) is 19.8 Å². The van der Waals surface area contributed by atoms with E-state index in [9.17, 15) is 0 Å². The highest BCUT2D eigenvalue weighted by Crippen LogP contribution is 2.29. The maximum atomic E-state index is 4.10. The number of hydrogen-bond donors (Lipinski definition) is 1. The van der Waals surface area contributed by atoms with Crippen molar-refractivity contribution < 1.29 is 0 Å². The minimum Gasteiger partial charge on any atom is -0.389 e. The highest BCUT2D eigenvalue weighted by atomic mass is 14.9. The van der Waals surface area contributed by atoms with Gasteiger partial charge in [0.1, 0.15) is 0 Å². The third kappa shape index (κ3) is 1.67.